The number of amides is 1. The molecule has 3 rings (SSSR count). The molecule has 0 unspecified atom stereocenters. The molecule has 6 nitrogen and oxygen atoms in total. The summed E-state index contributed by atoms with van der Waals surface area (Å²) >= 11 is 7.36. The average molecular weight is 364 g/mol. The molecule has 8 heteroatoms. The molecular weight excluding hydrogens is 346 g/mol. The van der Waals surface area contributed by atoms with Crippen molar-refractivity contribution in [3.63, 3.8) is 0 Å². The van der Waals surface area contributed by atoms with Crippen molar-refractivity contribution >= 4 is 40.8 Å². The van der Waals surface area contributed by atoms with Crippen LogP contribution in [0.25, 0.3) is 0 Å². The molecule has 0 saturated carbocycles. The zero-order chi connectivity index (χ0) is 16.9. The SMILES string of the molecule is NC(=O)CSc1ccc(N2CCN(c3cccc(Cl)c3)CC2)nn1. The number of nitrogens with zero attached hydrogens (tertiary/aromatic N) is 4. The largest absolute Gasteiger partial charge is 0.369 e. The molecule has 0 bridgehead atoms. The fraction of sp³-hybridized carbons (Fsp3) is 0.312. The lowest BCUT2D eigenvalue weighted by atomic mass is 10.2. The van der Waals surface area contributed by atoms with E-state index in [1.807, 2.05) is 30.3 Å². The number of hydrogen-bond donors (Lipinski definition) is 1. The van der Waals surface area contributed by atoms with Crippen LogP contribution in [-0.4, -0.2) is 48.0 Å². The van der Waals surface area contributed by atoms with Gasteiger partial charge in [-0.05, 0) is 30.3 Å². The van der Waals surface area contributed by atoms with E-state index in [9.17, 15) is 4.79 Å². The third-order valence-electron chi connectivity index (χ3n) is 3.77. The molecule has 1 aliphatic rings. The Morgan fingerprint density at radius 3 is 2.50 bits per heavy atom. The van der Waals surface area contributed by atoms with Crippen molar-refractivity contribution in [1.29, 1.82) is 0 Å². The smallest absolute Gasteiger partial charge is 0.227 e. The number of carbonyl (C=O) groups is 1. The molecule has 2 N–H and O–H groups in total. The van der Waals surface area contributed by atoms with Gasteiger partial charge in [-0.15, -0.1) is 10.2 Å². The van der Waals surface area contributed by atoms with Gasteiger partial charge in [0.2, 0.25) is 5.91 Å². The fourth-order valence-electron chi connectivity index (χ4n) is 2.57. The molecule has 1 aliphatic heterocycles. The predicted octanol–water partition coefficient (Wildman–Crippen LogP) is 2.03. The highest BCUT2D eigenvalue weighted by atomic mass is 35.5. The number of aromatic nitrogens is 2. The number of benzene rings is 1. The second-order valence-corrected chi connectivity index (χ2v) is 6.87. The van der Waals surface area contributed by atoms with Crippen molar-refractivity contribution in [1.82, 2.24) is 10.2 Å². The maximum absolute atomic E-state index is 10.8. The van der Waals surface area contributed by atoms with E-state index in [0.717, 1.165) is 42.7 Å². The van der Waals surface area contributed by atoms with Gasteiger partial charge in [-0.1, -0.05) is 29.4 Å². The number of nitrogens with two attached hydrogens (primary N) is 1. The van der Waals surface area contributed by atoms with Crippen molar-refractivity contribution in [3.05, 3.63) is 41.4 Å². The van der Waals surface area contributed by atoms with E-state index in [1.165, 1.54) is 11.8 Å². The molecular formula is C16H18ClN5OS. The van der Waals surface area contributed by atoms with Crippen molar-refractivity contribution < 1.29 is 4.79 Å². The van der Waals surface area contributed by atoms with Crippen molar-refractivity contribution in [3.8, 4) is 0 Å². The summed E-state index contributed by atoms with van der Waals surface area (Å²) in [4.78, 5) is 15.3. The summed E-state index contributed by atoms with van der Waals surface area (Å²) < 4.78 is 0. The fourth-order valence-corrected chi connectivity index (χ4v) is 3.31. The Bertz CT molecular complexity index is 704. The van der Waals surface area contributed by atoms with Crippen LogP contribution in [0.2, 0.25) is 5.02 Å². The molecule has 1 aromatic carbocycles. The lowest BCUT2D eigenvalue weighted by molar-refractivity contribution is -0.115. The Hall–Kier alpha value is -1.99. The van der Waals surface area contributed by atoms with Crippen LogP contribution in [0.15, 0.2) is 41.4 Å². The molecule has 1 fully saturated rings. The summed E-state index contributed by atoms with van der Waals surface area (Å²) in [6, 6.07) is 11.7. The molecule has 1 saturated heterocycles. The van der Waals surface area contributed by atoms with Gasteiger partial charge in [0.05, 0.1) is 5.75 Å². The van der Waals surface area contributed by atoms with E-state index >= 15 is 0 Å². The van der Waals surface area contributed by atoms with Crippen LogP contribution in [0.3, 0.4) is 0 Å². The standard InChI is InChI=1S/C16H18ClN5OS/c17-12-2-1-3-13(10-12)21-6-8-22(9-7-21)15-4-5-16(20-19-15)24-11-14(18)23/h1-5,10H,6-9,11H2,(H2,18,23). The van der Waals surface area contributed by atoms with Crippen LogP contribution in [0.5, 0.6) is 0 Å². The van der Waals surface area contributed by atoms with E-state index in [4.69, 9.17) is 17.3 Å². The molecule has 2 heterocycles. The van der Waals surface area contributed by atoms with Gasteiger partial charge in [-0.2, -0.15) is 0 Å². The predicted molar refractivity (Wildman–Crippen MR) is 97.8 cm³/mol. The Balaban J connectivity index is 1.57. The quantitative estimate of drug-likeness (QED) is 0.819. The number of hydrogen-bond acceptors (Lipinski definition) is 6. The second kappa shape index (κ2) is 7.72. The third kappa shape index (κ3) is 4.30. The highest BCUT2D eigenvalue weighted by molar-refractivity contribution is 7.99. The van der Waals surface area contributed by atoms with Gasteiger partial charge in [0.15, 0.2) is 5.82 Å². The molecule has 126 valence electrons. The minimum atomic E-state index is -0.358. The van der Waals surface area contributed by atoms with Crippen LogP contribution in [-0.2, 0) is 4.79 Å². The van der Waals surface area contributed by atoms with Gasteiger partial charge in [-0.3, -0.25) is 4.79 Å². The van der Waals surface area contributed by atoms with Gasteiger partial charge in [0, 0.05) is 36.9 Å². The Kier molecular flexibility index (Phi) is 5.42. The van der Waals surface area contributed by atoms with Crippen LogP contribution in [0.1, 0.15) is 0 Å². The molecule has 0 radical (unpaired) electrons. The van der Waals surface area contributed by atoms with Gasteiger partial charge in [0.1, 0.15) is 5.03 Å². The highest BCUT2D eigenvalue weighted by Crippen LogP contribution is 2.23. The number of primary amides is 1. The number of anilines is 2. The van der Waals surface area contributed by atoms with Gasteiger partial charge in [0.25, 0.3) is 0 Å². The molecule has 24 heavy (non-hydrogen) atoms. The first kappa shape index (κ1) is 16.9. The topological polar surface area (TPSA) is 75.4 Å². The van der Waals surface area contributed by atoms with Gasteiger partial charge in [-0.25, -0.2) is 0 Å². The Morgan fingerprint density at radius 2 is 1.88 bits per heavy atom. The van der Waals surface area contributed by atoms with Crippen molar-refractivity contribution in [2.24, 2.45) is 5.73 Å². The van der Waals surface area contributed by atoms with Gasteiger partial charge < -0.3 is 15.5 Å². The van der Waals surface area contributed by atoms with E-state index in [2.05, 4.69) is 26.1 Å². The zero-order valence-corrected chi connectivity index (χ0v) is 14.6. The summed E-state index contributed by atoms with van der Waals surface area (Å²) in [6.07, 6.45) is 0. The van der Waals surface area contributed by atoms with Crippen LogP contribution < -0.4 is 15.5 Å². The highest BCUT2D eigenvalue weighted by Gasteiger charge is 2.18. The minimum absolute atomic E-state index is 0.215. The van der Waals surface area contributed by atoms with Crippen molar-refractivity contribution in [2.45, 2.75) is 5.03 Å². The number of carbonyl (C=O) groups excluding carboxylic acids is 1. The molecule has 2 aromatic rings. The van der Waals surface area contributed by atoms with Crippen LogP contribution in [0, 0.1) is 0 Å². The average Bonchev–Trinajstić information content (AvgIpc) is 2.60. The number of halogens is 1. The first-order valence-electron chi connectivity index (χ1n) is 7.62. The molecule has 0 atom stereocenters. The van der Waals surface area contributed by atoms with Gasteiger partial charge >= 0.3 is 0 Å². The summed E-state index contributed by atoms with van der Waals surface area (Å²) in [7, 11) is 0. The maximum atomic E-state index is 10.8. The second-order valence-electron chi connectivity index (χ2n) is 5.44. The number of piperazine rings is 1. The lowest BCUT2D eigenvalue weighted by Crippen LogP contribution is -2.46. The van der Waals surface area contributed by atoms with Crippen LogP contribution >= 0.6 is 23.4 Å². The molecule has 0 aliphatic carbocycles. The zero-order valence-electron chi connectivity index (χ0n) is 13.1. The lowest BCUT2D eigenvalue weighted by Gasteiger charge is -2.36. The summed E-state index contributed by atoms with van der Waals surface area (Å²) in [5, 5.41) is 9.86. The monoisotopic (exact) mass is 363 g/mol. The van der Waals surface area contributed by atoms with Crippen LogP contribution in [0.4, 0.5) is 11.5 Å². The molecule has 0 spiro atoms. The number of thioether (sulfide) groups is 1. The third-order valence-corrected chi connectivity index (χ3v) is 4.94. The Labute approximate surface area is 150 Å². The van der Waals surface area contributed by atoms with E-state index in [-0.39, 0.29) is 11.7 Å². The van der Waals surface area contributed by atoms with E-state index < -0.39 is 0 Å². The summed E-state index contributed by atoms with van der Waals surface area (Å²) in [6.45, 7) is 3.55. The number of rotatable bonds is 5. The molecule has 1 amide bonds. The minimum Gasteiger partial charge on any atom is -0.369 e. The maximum Gasteiger partial charge on any atom is 0.227 e. The molecule has 1 aromatic heterocycles. The van der Waals surface area contributed by atoms with E-state index in [1.54, 1.807) is 0 Å². The Morgan fingerprint density at radius 1 is 1.12 bits per heavy atom. The normalized spacial score (nSPS) is 14.7. The van der Waals surface area contributed by atoms with Crippen molar-refractivity contribution in [2.75, 3.05) is 41.7 Å². The summed E-state index contributed by atoms with van der Waals surface area (Å²) in [5.74, 6) is 0.707. The summed E-state index contributed by atoms with van der Waals surface area (Å²) in [5.41, 5.74) is 6.27. The first-order valence-corrected chi connectivity index (χ1v) is 8.98. The van der Waals surface area contributed by atoms with E-state index in [0.29, 0.717) is 5.03 Å². The first-order chi connectivity index (χ1) is 11.6.